The highest BCUT2D eigenvalue weighted by Gasteiger charge is 2.39. The summed E-state index contributed by atoms with van der Waals surface area (Å²) in [4.78, 5) is 12.1. The average Bonchev–Trinajstić information content (AvgIpc) is 3.87. The van der Waals surface area contributed by atoms with Gasteiger partial charge in [0.2, 0.25) is 0 Å². The third kappa shape index (κ3) is 5.83. The molecule has 0 atom stereocenters. The molecule has 0 radical (unpaired) electrons. The lowest BCUT2D eigenvalue weighted by atomic mass is 9.72. The van der Waals surface area contributed by atoms with Gasteiger partial charge in [0, 0.05) is 52.1 Å². The first kappa shape index (κ1) is 35.4. The Balaban J connectivity index is 0.982. The van der Waals surface area contributed by atoms with Crippen LogP contribution >= 0.6 is 0 Å². The van der Waals surface area contributed by atoms with Crippen molar-refractivity contribution >= 4 is 39.8 Å². The summed E-state index contributed by atoms with van der Waals surface area (Å²) in [6.07, 6.45) is 3.96. The van der Waals surface area contributed by atoms with Crippen LogP contribution in [-0.4, -0.2) is 16.2 Å². The lowest BCUT2D eigenvalue weighted by Gasteiger charge is -2.43. The Morgan fingerprint density at radius 2 is 1.16 bits per heavy atom. The number of imidazole rings is 1. The van der Waals surface area contributed by atoms with E-state index in [1.165, 1.54) is 50.6 Å². The third-order valence-corrected chi connectivity index (χ3v) is 11.7. The fourth-order valence-corrected chi connectivity index (χ4v) is 9.36. The molecular formula is C52H45N5O. The Morgan fingerprint density at radius 3 is 1.93 bits per heavy atom. The molecule has 6 nitrogen and oxygen atoms in total. The van der Waals surface area contributed by atoms with Crippen LogP contribution in [0.3, 0.4) is 0 Å². The van der Waals surface area contributed by atoms with Gasteiger partial charge < -0.3 is 19.4 Å². The largest absolute Gasteiger partial charge is 0.457 e. The van der Waals surface area contributed by atoms with Crippen LogP contribution in [0.1, 0.15) is 41.7 Å². The van der Waals surface area contributed by atoms with Gasteiger partial charge in [0.25, 0.3) is 0 Å². The molecule has 3 heterocycles. The number of hydrogen-bond acceptors (Lipinski definition) is 5. The number of nitrogens with zero attached hydrogens (tertiary/aromatic N) is 5. The Bertz CT molecular complexity index is 2820. The summed E-state index contributed by atoms with van der Waals surface area (Å²) in [6.45, 7) is 12.0. The zero-order valence-corrected chi connectivity index (χ0v) is 33.5. The smallest absolute Gasteiger partial charge is 0.144 e. The van der Waals surface area contributed by atoms with Gasteiger partial charge in [0.05, 0.1) is 28.4 Å². The molecule has 0 saturated carbocycles. The highest BCUT2D eigenvalue weighted by Crippen LogP contribution is 2.54. The van der Waals surface area contributed by atoms with Crippen LogP contribution in [0.5, 0.6) is 11.5 Å². The maximum absolute atomic E-state index is 6.66. The van der Waals surface area contributed by atoms with Gasteiger partial charge in [-0.2, -0.15) is 0 Å². The quantitative estimate of drug-likeness (QED) is 0.162. The third-order valence-electron chi connectivity index (χ3n) is 11.7. The van der Waals surface area contributed by atoms with Crippen molar-refractivity contribution in [3.05, 3.63) is 198 Å². The molecule has 0 aliphatic carbocycles. The van der Waals surface area contributed by atoms with Gasteiger partial charge >= 0.3 is 0 Å². The van der Waals surface area contributed by atoms with Crippen LogP contribution in [0.25, 0.3) is 17.1 Å². The molecule has 8 aromatic rings. The number of aromatic nitrogens is 2. The van der Waals surface area contributed by atoms with Crippen molar-refractivity contribution in [1.82, 2.24) is 9.55 Å². The van der Waals surface area contributed by atoms with Gasteiger partial charge in [0.1, 0.15) is 24.0 Å². The molecule has 0 N–H and O–H groups in total. The lowest BCUT2D eigenvalue weighted by Crippen LogP contribution is -2.32. The first-order chi connectivity index (χ1) is 28.3. The fourth-order valence-electron chi connectivity index (χ4n) is 9.36. The number of para-hydroxylation sites is 4. The summed E-state index contributed by atoms with van der Waals surface area (Å²) in [5.74, 6) is 2.37. The van der Waals surface area contributed by atoms with E-state index in [0.717, 1.165) is 45.6 Å². The predicted octanol–water partition coefficient (Wildman–Crippen LogP) is 13.6. The number of anilines is 7. The Morgan fingerprint density at radius 1 is 0.552 bits per heavy atom. The predicted molar refractivity (Wildman–Crippen MR) is 239 cm³/mol. The first-order valence-corrected chi connectivity index (χ1v) is 20.0. The van der Waals surface area contributed by atoms with Gasteiger partial charge in [-0.25, -0.2) is 4.98 Å². The summed E-state index contributed by atoms with van der Waals surface area (Å²) < 4.78 is 8.88. The minimum atomic E-state index is -0.282. The van der Waals surface area contributed by atoms with Crippen LogP contribution in [0.2, 0.25) is 0 Å². The molecule has 58 heavy (non-hydrogen) atoms. The molecule has 2 aliphatic rings. The van der Waals surface area contributed by atoms with Crippen molar-refractivity contribution < 1.29 is 4.74 Å². The molecule has 6 heteroatoms. The molecule has 7 aromatic carbocycles. The van der Waals surface area contributed by atoms with Crippen molar-refractivity contribution in [2.75, 3.05) is 21.4 Å². The summed E-state index contributed by atoms with van der Waals surface area (Å²) in [5, 5.41) is 0. The molecule has 0 bridgehead atoms. The van der Waals surface area contributed by atoms with E-state index in [-0.39, 0.29) is 5.41 Å². The van der Waals surface area contributed by atoms with Crippen molar-refractivity contribution in [2.24, 2.45) is 0 Å². The summed E-state index contributed by atoms with van der Waals surface area (Å²) in [6, 6.07) is 55.9. The number of rotatable bonds is 7. The minimum absolute atomic E-state index is 0.282. The van der Waals surface area contributed by atoms with E-state index in [9.17, 15) is 0 Å². The second-order valence-corrected chi connectivity index (χ2v) is 16.0. The van der Waals surface area contributed by atoms with Crippen LogP contribution in [0.15, 0.2) is 170 Å². The van der Waals surface area contributed by atoms with Gasteiger partial charge in [-0.05, 0) is 104 Å². The molecule has 0 spiro atoms. The Labute approximate surface area is 340 Å². The van der Waals surface area contributed by atoms with Gasteiger partial charge in [-0.3, -0.25) is 4.57 Å². The second-order valence-electron chi connectivity index (χ2n) is 16.0. The molecule has 284 valence electrons. The molecule has 10 rings (SSSR count). The molecule has 0 amide bonds. The molecule has 0 fully saturated rings. The van der Waals surface area contributed by atoms with Gasteiger partial charge in [0.15, 0.2) is 0 Å². The lowest BCUT2D eigenvalue weighted by molar-refractivity contribution is 0.483. The van der Waals surface area contributed by atoms with Crippen molar-refractivity contribution in [1.29, 1.82) is 0 Å². The first-order valence-electron chi connectivity index (χ1n) is 20.0. The number of benzene rings is 7. The van der Waals surface area contributed by atoms with Crippen LogP contribution in [-0.2, 0) is 5.41 Å². The monoisotopic (exact) mass is 755 g/mol. The molecule has 0 unspecified atom stereocenters. The molecule has 2 aliphatic heterocycles. The zero-order chi connectivity index (χ0) is 39.5. The van der Waals surface area contributed by atoms with Crippen molar-refractivity contribution in [2.45, 2.75) is 40.0 Å². The topological polar surface area (TPSA) is 36.8 Å². The normalized spacial score (nSPS) is 13.9. The molecule has 0 saturated heterocycles. The van der Waals surface area contributed by atoms with E-state index >= 15 is 0 Å². The van der Waals surface area contributed by atoms with E-state index in [2.05, 4.69) is 200 Å². The fraction of sp³-hybridized carbons (Fsp3) is 0.135. The molecular weight excluding hydrogens is 711 g/mol. The number of ether oxygens (including phenoxy) is 1. The van der Waals surface area contributed by atoms with E-state index in [4.69, 9.17) is 9.72 Å². The summed E-state index contributed by atoms with van der Waals surface area (Å²) in [7, 11) is 0. The van der Waals surface area contributed by atoms with Gasteiger partial charge in [-0.1, -0.05) is 104 Å². The van der Waals surface area contributed by atoms with Gasteiger partial charge in [-0.15, -0.1) is 0 Å². The van der Waals surface area contributed by atoms with E-state index in [0.29, 0.717) is 6.67 Å². The van der Waals surface area contributed by atoms with E-state index < -0.39 is 0 Å². The van der Waals surface area contributed by atoms with Crippen LogP contribution in [0.4, 0.5) is 39.8 Å². The van der Waals surface area contributed by atoms with Crippen molar-refractivity contribution in [3.63, 3.8) is 0 Å². The van der Waals surface area contributed by atoms with Crippen molar-refractivity contribution in [3.8, 4) is 28.6 Å². The number of hydrogen-bond donors (Lipinski definition) is 0. The Kier molecular flexibility index (Phi) is 8.45. The zero-order valence-electron chi connectivity index (χ0n) is 33.5. The number of fused-ring (bicyclic) bond motifs is 3. The Hall–Kier alpha value is -7.05. The SMILES string of the molecule is Cc1cc(C)c(N2CN(c3cccc(Oc4cccc(-c5nccn5-c5cccc6c5C(C)(C)c5ccccc5N6c5ccccc5)c4)c3)c3ccccc32)c(C)c1. The highest BCUT2D eigenvalue weighted by atomic mass is 16.5. The maximum atomic E-state index is 6.66. The van der Waals surface area contributed by atoms with E-state index in [1.807, 2.05) is 24.4 Å². The van der Waals surface area contributed by atoms with E-state index in [1.54, 1.807) is 0 Å². The minimum Gasteiger partial charge on any atom is -0.457 e. The number of aryl methyl sites for hydroxylation is 3. The standard InChI is InChI=1S/C52H45N5O/c1-35-30-36(2)50(37(3)31-35)56-34-55(45-24-11-12-25-46(45)56)40-19-14-21-42(33-40)58-41-20-13-16-38(32-41)51-53-28-29-54(51)47-26-15-27-48-49(47)52(4,5)43-22-9-10-23-44(43)57(48)39-17-7-6-8-18-39/h6-33H,34H2,1-5H3. The highest BCUT2D eigenvalue weighted by molar-refractivity contribution is 5.90. The summed E-state index contributed by atoms with van der Waals surface area (Å²) >= 11 is 0. The molecule has 1 aromatic heterocycles. The summed E-state index contributed by atoms with van der Waals surface area (Å²) in [5.41, 5.74) is 16.4. The van der Waals surface area contributed by atoms with Crippen LogP contribution in [0, 0.1) is 20.8 Å². The van der Waals surface area contributed by atoms with Crippen LogP contribution < -0.4 is 19.4 Å². The maximum Gasteiger partial charge on any atom is 0.144 e. The second kappa shape index (κ2) is 13.9. The average molecular weight is 756 g/mol.